The van der Waals surface area contributed by atoms with E-state index in [-0.39, 0.29) is 17.2 Å². The molecule has 2 atom stereocenters. The van der Waals surface area contributed by atoms with Crippen LogP contribution in [0.3, 0.4) is 0 Å². The number of amides is 1. The van der Waals surface area contributed by atoms with E-state index < -0.39 is 0 Å². The first kappa shape index (κ1) is 17.2. The fourth-order valence-electron chi connectivity index (χ4n) is 2.33. The van der Waals surface area contributed by atoms with E-state index >= 15 is 0 Å². The minimum atomic E-state index is -0.0504. The van der Waals surface area contributed by atoms with Gasteiger partial charge in [0.2, 0.25) is 5.91 Å². The highest BCUT2D eigenvalue weighted by Gasteiger charge is 2.21. The summed E-state index contributed by atoms with van der Waals surface area (Å²) < 4.78 is 0. The molecule has 0 bridgehead atoms. The Labute approximate surface area is 131 Å². The molecule has 0 heterocycles. The van der Waals surface area contributed by atoms with Crippen LogP contribution in [0.2, 0.25) is 0 Å². The molecule has 1 rings (SSSR count). The summed E-state index contributed by atoms with van der Waals surface area (Å²) in [6.07, 6.45) is 1.86. The number of carbonyl (C=O) groups excluding carboxylic acids is 1. The second-order valence-electron chi connectivity index (χ2n) is 6.48. The Balaban J connectivity index is 2.53. The maximum absolute atomic E-state index is 12.3. The lowest BCUT2D eigenvalue weighted by Gasteiger charge is -2.23. The summed E-state index contributed by atoms with van der Waals surface area (Å²) in [5.41, 5.74) is 1.36. The average Bonchev–Trinajstić information content (AvgIpc) is 2.36. The molecule has 112 valence electrons. The molecule has 1 amide bonds. The van der Waals surface area contributed by atoms with Gasteiger partial charge in [0.05, 0.1) is 5.92 Å². The highest BCUT2D eigenvalue weighted by molar-refractivity contribution is 9.09. The molecule has 0 aliphatic heterocycles. The van der Waals surface area contributed by atoms with E-state index in [9.17, 15) is 4.79 Å². The molecule has 0 fully saturated rings. The summed E-state index contributed by atoms with van der Waals surface area (Å²) in [7, 11) is 0. The molecule has 20 heavy (non-hydrogen) atoms. The molecule has 1 aromatic carbocycles. The molecule has 0 aromatic heterocycles. The van der Waals surface area contributed by atoms with Gasteiger partial charge in [0, 0.05) is 11.4 Å². The zero-order chi connectivity index (χ0) is 15.2. The number of carbonyl (C=O) groups is 1. The van der Waals surface area contributed by atoms with Gasteiger partial charge in [-0.05, 0) is 23.8 Å². The van der Waals surface area contributed by atoms with Crippen LogP contribution in [-0.2, 0) is 4.79 Å². The molecular formula is C17H26BrNO. The lowest BCUT2D eigenvalue weighted by Crippen LogP contribution is -2.34. The SMILES string of the molecule is CCC(C(=O)NCC(Br)CC(C)(C)C)c1ccccc1. The van der Waals surface area contributed by atoms with Crippen molar-refractivity contribution in [1.82, 2.24) is 5.32 Å². The van der Waals surface area contributed by atoms with E-state index in [1.807, 2.05) is 30.3 Å². The van der Waals surface area contributed by atoms with Crippen LogP contribution in [0.4, 0.5) is 0 Å². The third-order valence-electron chi connectivity index (χ3n) is 3.26. The van der Waals surface area contributed by atoms with Crippen LogP contribution < -0.4 is 5.32 Å². The Morgan fingerprint density at radius 2 is 1.85 bits per heavy atom. The van der Waals surface area contributed by atoms with Gasteiger partial charge in [-0.1, -0.05) is 74.0 Å². The lowest BCUT2D eigenvalue weighted by atomic mass is 9.90. The first-order valence-corrected chi connectivity index (χ1v) is 8.22. The van der Waals surface area contributed by atoms with Gasteiger partial charge in [0.1, 0.15) is 0 Å². The molecule has 0 saturated heterocycles. The van der Waals surface area contributed by atoms with E-state index in [2.05, 4.69) is 48.9 Å². The Morgan fingerprint density at radius 3 is 2.35 bits per heavy atom. The molecule has 0 aliphatic carbocycles. The van der Waals surface area contributed by atoms with Crippen LogP contribution in [0.25, 0.3) is 0 Å². The highest BCUT2D eigenvalue weighted by atomic mass is 79.9. The summed E-state index contributed by atoms with van der Waals surface area (Å²) in [4.78, 5) is 12.6. The molecule has 1 N–H and O–H groups in total. The second-order valence-corrected chi connectivity index (χ2v) is 7.77. The molecule has 3 heteroatoms. The van der Waals surface area contributed by atoms with Crippen molar-refractivity contribution in [2.45, 2.75) is 51.3 Å². The van der Waals surface area contributed by atoms with Crippen LogP contribution in [0.1, 0.15) is 52.0 Å². The van der Waals surface area contributed by atoms with Crippen molar-refractivity contribution in [3.05, 3.63) is 35.9 Å². The van der Waals surface area contributed by atoms with Gasteiger partial charge in [-0.2, -0.15) is 0 Å². The molecule has 0 spiro atoms. The fraction of sp³-hybridized carbons (Fsp3) is 0.588. The average molecular weight is 340 g/mol. The monoisotopic (exact) mass is 339 g/mol. The van der Waals surface area contributed by atoms with Crippen molar-refractivity contribution >= 4 is 21.8 Å². The largest absolute Gasteiger partial charge is 0.354 e. The van der Waals surface area contributed by atoms with Crippen LogP contribution in [0.5, 0.6) is 0 Å². The summed E-state index contributed by atoms with van der Waals surface area (Å²) in [5.74, 6) is 0.0718. The fourth-order valence-corrected chi connectivity index (χ4v) is 3.46. The van der Waals surface area contributed by atoms with Gasteiger partial charge in [-0.25, -0.2) is 0 Å². The molecule has 0 radical (unpaired) electrons. The number of rotatable bonds is 6. The minimum Gasteiger partial charge on any atom is -0.354 e. The maximum Gasteiger partial charge on any atom is 0.227 e. The minimum absolute atomic E-state index is 0.0504. The first-order chi connectivity index (χ1) is 9.33. The summed E-state index contributed by atoms with van der Waals surface area (Å²) in [6, 6.07) is 9.99. The molecular weight excluding hydrogens is 314 g/mol. The Hall–Kier alpha value is -0.830. The number of hydrogen-bond acceptors (Lipinski definition) is 1. The number of alkyl halides is 1. The second kappa shape index (κ2) is 7.82. The van der Waals surface area contributed by atoms with Crippen LogP contribution >= 0.6 is 15.9 Å². The van der Waals surface area contributed by atoms with Crippen molar-refractivity contribution in [1.29, 1.82) is 0 Å². The number of benzene rings is 1. The van der Waals surface area contributed by atoms with Gasteiger partial charge >= 0.3 is 0 Å². The van der Waals surface area contributed by atoms with E-state index in [1.165, 1.54) is 0 Å². The molecule has 0 aliphatic rings. The third kappa shape index (κ3) is 6.08. The zero-order valence-electron chi connectivity index (χ0n) is 12.9. The quantitative estimate of drug-likeness (QED) is 0.759. The van der Waals surface area contributed by atoms with Gasteiger partial charge in [0.15, 0.2) is 0 Å². The molecule has 0 saturated carbocycles. The predicted molar refractivity (Wildman–Crippen MR) is 89.3 cm³/mol. The molecule has 2 unspecified atom stereocenters. The summed E-state index contributed by atoms with van der Waals surface area (Å²) >= 11 is 3.65. The van der Waals surface area contributed by atoms with E-state index in [4.69, 9.17) is 0 Å². The summed E-state index contributed by atoms with van der Waals surface area (Å²) in [6.45, 7) is 9.36. The lowest BCUT2D eigenvalue weighted by molar-refractivity contribution is -0.122. The van der Waals surface area contributed by atoms with Gasteiger partial charge in [-0.15, -0.1) is 0 Å². The predicted octanol–water partition coefficient (Wildman–Crippen LogP) is 4.50. The van der Waals surface area contributed by atoms with E-state index in [0.29, 0.717) is 11.4 Å². The molecule has 2 nitrogen and oxygen atoms in total. The topological polar surface area (TPSA) is 29.1 Å². The van der Waals surface area contributed by atoms with Crippen molar-refractivity contribution < 1.29 is 4.79 Å². The van der Waals surface area contributed by atoms with Crippen LogP contribution in [-0.4, -0.2) is 17.3 Å². The zero-order valence-corrected chi connectivity index (χ0v) is 14.5. The van der Waals surface area contributed by atoms with Crippen molar-refractivity contribution in [3.8, 4) is 0 Å². The van der Waals surface area contributed by atoms with Crippen molar-refractivity contribution in [2.75, 3.05) is 6.54 Å². The van der Waals surface area contributed by atoms with Crippen LogP contribution in [0, 0.1) is 5.41 Å². The first-order valence-electron chi connectivity index (χ1n) is 7.30. The van der Waals surface area contributed by atoms with Crippen molar-refractivity contribution in [2.24, 2.45) is 5.41 Å². The Kier molecular flexibility index (Phi) is 6.74. The number of nitrogens with one attached hydrogen (secondary N) is 1. The van der Waals surface area contributed by atoms with Crippen molar-refractivity contribution in [3.63, 3.8) is 0 Å². The Bertz CT molecular complexity index is 411. The van der Waals surface area contributed by atoms with Gasteiger partial charge < -0.3 is 5.32 Å². The standard InChI is InChI=1S/C17H26BrNO/c1-5-15(13-9-7-6-8-10-13)16(20)19-12-14(18)11-17(2,3)4/h6-10,14-15H,5,11-12H2,1-4H3,(H,19,20). The maximum atomic E-state index is 12.3. The Morgan fingerprint density at radius 1 is 1.25 bits per heavy atom. The highest BCUT2D eigenvalue weighted by Crippen LogP contribution is 2.24. The number of halogens is 1. The smallest absolute Gasteiger partial charge is 0.227 e. The van der Waals surface area contributed by atoms with E-state index in [0.717, 1.165) is 18.4 Å². The van der Waals surface area contributed by atoms with Gasteiger partial charge in [0.25, 0.3) is 0 Å². The number of hydrogen-bond donors (Lipinski definition) is 1. The van der Waals surface area contributed by atoms with E-state index in [1.54, 1.807) is 0 Å². The van der Waals surface area contributed by atoms with Crippen LogP contribution in [0.15, 0.2) is 30.3 Å². The molecule has 1 aromatic rings. The summed E-state index contributed by atoms with van der Waals surface area (Å²) in [5, 5.41) is 3.07. The van der Waals surface area contributed by atoms with Gasteiger partial charge in [-0.3, -0.25) is 4.79 Å². The normalized spacial score (nSPS) is 14.7. The third-order valence-corrected chi connectivity index (χ3v) is 3.91.